The number of hydrogen-bond acceptors (Lipinski definition) is 2. The third-order valence-corrected chi connectivity index (χ3v) is 4.38. The lowest BCUT2D eigenvalue weighted by Crippen LogP contribution is -2.27. The first-order valence-corrected chi connectivity index (χ1v) is 8.18. The second kappa shape index (κ2) is 7.59. The Morgan fingerprint density at radius 3 is 2.52 bits per heavy atom. The highest BCUT2D eigenvalue weighted by Gasteiger charge is 2.18. The Kier molecular flexibility index (Phi) is 5.77. The van der Waals surface area contributed by atoms with Gasteiger partial charge in [-0.05, 0) is 44.0 Å². The Morgan fingerprint density at radius 1 is 1.13 bits per heavy atom. The molecule has 1 atom stereocenters. The lowest BCUT2D eigenvalue weighted by atomic mass is 10.00. The van der Waals surface area contributed by atoms with Crippen molar-refractivity contribution in [2.45, 2.75) is 37.5 Å². The number of rotatable bonds is 5. The minimum atomic E-state index is -2.56. The van der Waals surface area contributed by atoms with E-state index in [2.05, 4.69) is 5.32 Å². The first-order chi connectivity index (χ1) is 10.9. The summed E-state index contributed by atoms with van der Waals surface area (Å²) in [4.78, 5) is 12.7. The van der Waals surface area contributed by atoms with Crippen LogP contribution in [0.25, 0.3) is 0 Å². The summed E-state index contributed by atoms with van der Waals surface area (Å²) in [6, 6.07) is 12.3. The number of halogens is 2. The normalized spacial score (nSPS) is 12.3. The molecule has 2 rings (SSSR count). The third-order valence-electron chi connectivity index (χ3n) is 3.60. The molecule has 1 N–H and O–H groups in total. The summed E-state index contributed by atoms with van der Waals surface area (Å²) in [6.07, 6.45) is 0. The molecule has 0 radical (unpaired) electrons. The van der Waals surface area contributed by atoms with Gasteiger partial charge in [0.1, 0.15) is 0 Å². The van der Waals surface area contributed by atoms with E-state index in [1.807, 2.05) is 39.0 Å². The Labute approximate surface area is 139 Å². The van der Waals surface area contributed by atoms with Gasteiger partial charge in [0.25, 0.3) is 11.7 Å². The van der Waals surface area contributed by atoms with E-state index in [4.69, 9.17) is 0 Å². The standard InChI is InChI=1S/C18H19F2NOS/c1-11-8-9-12(2)15(10-11)13(3)21-17(22)14-6-4-5-7-16(14)23-18(19)20/h4-10,13,18H,1-3H3,(H,21,22)/t13-/m0/s1. The molecule has 2 nitrogen and oxygen atoms in total. The summed E-state index contributed by atoms with van der Waals surface area (Å²) in [5.74, 6) is -2.90. The van der Waals surface area contributed by atoms with Gasteiger partial charge in [0.05, 0.1) is 11.6 Å². The van der Waals surface area contributed by atoms with Gasteiger partial charge < -0.3 is 5.32 Å². The molecule has 0 aromatic heterocycles. The lowest BCUT2D eigenvalue weighted by molar-refractivity contribution is 0.0937. The second-order valence-electron chi connectivity index (χ2n) is 5.43. The summed E-state index contributed by atoms with van der Waals surface area (Å²) in [5, 5.41) is 2.90. The number of hydrogen-bond donors (Lipinski definition) is 1. The fraction of sp³-hybridized carbons (Fsp3) is 0.278. The van der Waals surface area contributed by atoms with E-state index in [0.717, 1.165) is 16.7 Å². The monoisotopic (exact) mass is 335 g/mol. The van der Waals surface area contributed by atoms with Gasteiger partial charge >= 0.3 is 0 Å². The molecule has 122 valence electrons. The van der Waals surface area contributed by atoms with Crippen molar-refractivity contribution in [2.24, 2.45) is 0 Å². The summed E-state index contributed by atoms with van der Waals surface area (Å²) < 4.78 is 25.2. The van der Waals surface area contributed by atoms with Gasteiger partial charge in [-0.15, -0.1) is 0 Å². The average molecular weight is 335 g/mol. The molecule has 5 heteroatoms. The molecule has 1 amide bonds. The van der Waals surface area contributed by atoms with E-state index in [0.29, 0.717) is 11.8 Å². The Balaban J connectivity index is 2.20. The zero-order valence-electron chi connectivity index (χ0n) is 13.3. The summed E-state index contributed by atoms with van der Waals surface area (Å²) in [7, 11) is 0. The molecule has 2 aromatic carbocycles. The van der Waals surface area contributed by atoms with E-state index in [1.165, 1.54) is 6.07 Å². The van der Waals surface area contributed by atoms with Crippen molar-refractivity contribution in [3.8, 4) is 0 Å². The summed E-state index contributed by atoms with van der Waals surface area (Å²) >= 11 is 0.388. The van der Waals surface area contributed by atoms with Crippen LogP contribution in [0.5, 0.6) is 0 Å². The molecule has 0 unspecified atom stereocenters. The van der Waals surface area contributed by atoms with Crippen LogP contribution in [0, 0.1) is 13.8 Å². The minimum Gasteiger partial charge on any atom is -0.345 e. The fourth-order valence-corrected chi connectivity index (χ4v) is 3.07. The van der Waals surface area contributed by atoms with Crippen molar-refractivity contribution in [3.63, 3.8) is 0 Å². The topological polar surface area (TPSA) is 29.1 Å². The largest absolute Gasteiger partial charge is 0.345 e. The maximum Gasteiger partial charge on any atom is 0.288 e. The van der Waals surface area contributed by atoms with Gasteiger partial charge in [0, 0.05) is 4.90 Å². The van der Waals surface area contributed by atoms with Gasteiger partial charge in [-0.2, -0.15) is 8.78 Å². The molecule has 0 fully saturated rings. The molecule has 0 aliphatic carbocycles. The van der Waals surface area contributed by atoms with Crippen LogP contribution in [0.15, 0.2) is 47.4 Å². The Hall–Kier alpha value is -1.88. The van der Waals surface area contributed by atoms with Crippen molar-refractivity contribution < 1.29 is 13.6 Å². The number of thioether (sulfide) groups is 1. The maximum absolute atomic E-state index is 12.6. The number of benzene rings is 2. The van der Waals surface area contributed by atoms with Crippen LogP contribution in [0.4, 0.5) is 8.78 Å². The van der Waals surface area contributed by atoms with E-state index < -0.39 is 5.76 Å². The number of alkyl halides is 2. The van der Waals surface area contributed by atoms with Gasteiger partial charge in [-0.1, -0.05) is 47.7 Å². The number of amides is 1. The fourth-order valence-electron chi connectivity index (χ4n) is 2.43. The van der Waals surface area contributed by atoms with Crippen molar-refractivity contribution >= 4 is 17.7 Å². The molecule has 0 saturated heterocycles. The first kappa shape index (κ1) is 17.5. The lowest BCUT2D eigenvalue weighted by Gasteiger charge is -2.18. The number of carbonyl (C=O) groups excluding carboxylic acids is 1. The van der Waals surface area contributed by atoms with Crippen LogP contribution in [0.3, 0.4) is 0 Å². The van der Waals surface area contributed by atoms with E-state index in [1.54, 1.807) is 18.2 Å². The molecular weight excluding hydrogens is 316 g/mol. The van der Waals surface area contributed by atoms with Crippen molar-refractivity contribution in [1.82, 2.24) is 5.32 Å². The smallest absolute Gasteiger partial charge is 0.288 e. The van der Waals surface area contributed by atoms with Gasteiger partial charge in [-0.25, -0.2) is 0 Å². The summed E-state index contributed by atoms with van der Waals surface area (Å²) in [5.41, 5.74) is 3.49. The molecule has 0 heterocycles. The van der Waals surface area contributed by atoms with Crippen LogP contribution < -0.4 is 5.32 Å². The number of carbonyl (C=O) groups is 1. The zero-order chi connectivity index (χ0) is 17.0. The van der Waals surface area contributed by atoms with Crippen LogP contribution in [-0.2, 0) is 0 Å². The Morgan fingerprint density at radius 2 is 1.83 bits per heavy atom. The predicted octanol–water partition coefficient (Wildman–Crippen LogP) is 5.11. The van der Waals surface area contributed by atoms with Gasteiger partial charge in [-0.3, -0.25) is 4.79 Å². The van der Waals surface area contributed by atoms with Crippen LogP contribution in [0.2, 0.25) is 0 Å². The molecular formula is C18H19F2NOS. The van der Waals surface area contributed by atoms with Crippen molar-refractivity contribution in [3.05, 3.63) is 64.7 Å². The van der Waals surface area contributed by atoms with E-state index in [9.17, 15) is 13.6 Å². The molecule has 0 bridgehead atoms. The minimum absolute atomic E-state index is 0.202. The van der Waals surface area contributed by atoms with Crippen LogP contribution in [-0.4, -0.2) is 11.7 Å². The number of nitrogens with one attached hydrogen (secondary N) is 1. The van der Waals surface area contributed by atoms with Crippen molar-refractivity contribution in [2.75, 3.05) is 0 Å². The van der Waals surface area contributed by atoms with Crippen molar-refractivity contribution in [1.29, 1.82) is 0 Å². The first-order valence-electron chi connectivity index (χ1n) is 7.30. The zero-order valence-corrected chi connectivity index (χ0v) is 14.1. The highest BCUT2D eigenvalue weighted by atomic mass is 32.2. The number of aryl methyl sites for hydroxylation is 2. The molecule has 0 spiro atoms. The van der Waals surface area contributed by atoms with Gasteiger partial charge in [0.2, 0.25) is 0 Å². The second-order valence-corrected chi connectivity index (χ2v) is 6.46. The molecule has 23 heavy (non-hydrogen) atoms. The maximum atomic E-state index is 12.6. The SMILES string of the molecule is Cc1ccc(C)c([C@H](C)NC(=O)c2ccccc2SC(F)F)c1. The highest BCUT2D eigenvalue weighted by Crippen LogP contribution is 2.29. The molecule has 0 aliphatic rings. The average Bonchev–Trinajstić information content (AvgIpc) is 2.49. The molecule has 0 saturated carbocycles. The Bertz CT molecular complexity index is 703. The van der Waals surface area contributed by atoms with Crippen LogP contribution in [0.1, 0.15) is 40.0 Å². The van der Waals surface area contributed by atoms with Gasteiger partial charge in [0.15, 0.2) is 0 Å². The molecule has 0 aliphatic heterocycles. The third kappa shape index (κ3) is 4.55. The van der Waals surface area contributed by atoms with E-state index >= 15 is 0 Å². The van der Waals surface area contributed by atoms with Crippen LogP contribution >= 0.6 is 11.8 Å². The summed E-state index contributed by atoms with van der Waals surface area (Å²) in [6.45, 7) is 5.87. The quantitative estimate of drug-likeness (QED) is 0.769. The molecule has 2 aromatic rings. The highest BCUT2D eigenvalue weighted by molar-refractivity contribution is 7.99. The predicted molar refractivity (Wildman–Crippen MR) is 90.1 cm³/mol. The van der Waals surface area contributed by atoms with E-state index in [-0.39, 0.29) is 22.4 Å².